The first-order valence-electron chi connectivity index (χ1n) is 5.97. The maximum Gasteiger partial charge on any atom is 0.0640 e. The van der Waals surface area contributed by atoms with Crippen LogP contribution in [0.5, 0.6) is 0 Å². The van der Waals surface area contributed by atoms with Gasteiger partial charge in [-0.3, -0.25) is 4.98 Å². The van der Waals surface area contributed by atoms with Crippen LogP contribution >= 0.6 is 0 Å². The van der Waals surface area contributed by atoms with E-state index in [9.17, 15) is 0 Å². The Morgan fingerprint density at radius 2 is 2.19 bits per heavy atom. The topological polar surface area (TPSA) is 24.9 Å². The first-order valence-corrected chi connectivity index (χ1v) is 5.97. The fourth-order valence-corrected chi connectivity index (χ4v) is 1.97. The lowest BCUT2D eigenvalue weighted by molar-refractivity contribution is 0.828. The zero-order chi connectivity index (χ0) is 12.1. The summed E-state index contributed by atoms with van der Waals surface area (Å²) in [6.45, 7) is 12.5. The first kappa shape index (κ1) is 12.8. The summed E-state index contributed by atoms with van der Waals surface area (Å²) >= 11 is 0. The lowest BCUT2D eigenvalue weighted by Gasteiger charge is -2.16. The number of nitrogens with zero attached hydrogens (tertiary/aromatic N) is 1. The van der Waals surface area contributed by atoms with Crippen molar-refractivity contribution >= 4 is 5.69 Å². The fraction of sp³-hybridized carbons (Fsp3) is 0.500. The number of nitrogens with one attached hydrogen (secondary N) is 1. The van der Waals surface area contributed by atoms with Crippen LogP contribution in [-0.4, -0.2) is 4.98 Å². The Morgan fingerprint density at radius 3 is 2.69 bits per heavy atom. The number of hydrogen-bond acceptors (Lipinski definition) is 2. The molecule has 1 heterocycles. The Labute approximate surface area is 98.8 Å². The molecule has 0 aliphatic carbocycles. The monoisotopic (exact) mass is 218 g/mol. The summed E-state index contributed by atoms with van der Waals surface area (Å²) in [6.07, 6.45) is 5.86. The lowest BCUT2D eigenvalue weighted by Crippen LogP contribution is -2.04. The molecule has 0 fully saturated rings. The molecular formula is C14H22N2. The molecule has 0 aliphatic rings. The highest BCUT2D eigenvalue weighted by atomic mass is 14.9. The number of aryl methyl sites for hydroxylation is 1. The van der Waals surface area contributed by atoms with Crippen molar-refractivity contribution in [1.82, 2.24) is 4.98 Å². The third kappa shape index (κ3) is 2.63. The standard InChI is InChI=1S/C14H22N2/c1-6-8-13-14(15-7-2)11(5)12(9-16-13)10(3)4/h7,9-10,15H,2,6,8H2,1,3-5H3. The van der Waals surface area contributed by atoms with Gasteiger partial charge in [0.15, 0.2) is 0 Å². The largest absolute Gasteiger partial charge is 0.361 e. The number of pyridine rings is 1. The molecule has 2 heteroatoms. The van der Waals surface area contributed by atoms with Crippen LogP contribution in [-0.2, 0) is 6.42 Å². The van der Waals surface area contributed by atoms with Gasteiger partial charge in [0, 0.05) is 6.20 Å². The molecule has 1 aromatic heterocycles. The molecule has 88 valence electrons. The highest BCUT2D eigenvalue weighted by Gasteiger charge is 2.12. The van der Waals surface area contributed by atoms with Gasteiger partial charge in [-0.05, 0) is 36.6 Å². The van der Waals surface area contributed by atoms with E-state index in [0.29, 0.717) is 5.92 Å². The van der Waals surface area contributed by atoms with Gasteiger partial charge in [-0.25, -0.2) is 0 Å². The molecule has 0 spiro atoms. The summed E-state index contributed by atoms with van der Waals surface area (Å²) in [6, 6.07) is 0. The Kier molecular flexibility index (Phi) is 4.53. The van der Waals surface area contributed by atoms with Gasteiger partial charge in [-0.1, -0.05) is 33.8 Å². The van der Waals surface area contributed by atoms with Crippen LogP contribution in [0.4, 0.5) is 5.69 Å². The van der Waals surface area contributed by atoms with Crippen molar-refractivity contribution in [3.8, 4) is 0 Å². The highest BCUT2D eigenvalue weighted by molar-refractivity contribution is 5.59. The molecule has 0 aromatic carbocycles. The molecule has 1 aromatic rings. The zero-order valence-corrected chi connectivity index (χ0v) is 10.8. The maximum absolute atomic E-state index is 4.56. The number of aromatic nitrogens is 1. The van der Waals surface area contributed by atoms with E-state index < -0.39 is 0 Å². The molecule has 16 heavy (non-hydrogen) atoms. The SMILES string of the molecule is C=CNc1c(CCC)ncc(C(C)C)c1C. The molecule has 0 unspecified atom stereocenters. The molecular weight excluding hydrogens is 196 g/mol. The van der Waals surface area contributed by atoms with E-state index >= 15 is 0 Å². The third-order valence-electron chi connectivity index (χ3n) is 2.81. The summed E-state index contributed by atoms with van der Waals surface area (Å²) in [5.74, 6) is 0.508. The van der Waals surface area contributed by atoms with Gasteiger partial charge in [0.25, 0.3) is 0 Å². The Hall–Kier alpha value is -1.31. The van der Waals surface area contributed by atoms with E-state index in [1.165, 1.54) is 11.1 Å². The van der Waals surface area contributed by atoms with Crippen LogP contribution < -0.4 is 5.32 Å². The summed E-state index contributed by atoms with van der Waals surface area (Å²) in [7, 11) is 0. The fourth-order valence-electron chi connectivity index (χ4n) is 1.97. The van der Waals surface area contributed by atoms with Gasteiger partial charge in [0.1, 0.15) is 0 Å². The van der Waals surface area contributed by atoms with Crippen molar-refractivity contribution in [1.29, 1.82) is 0 Å². The summed E-state index contributed by atoms with van der Waals surface area (Å²) < 4.78 is 0. The van der Waals surface area contributed by atoms with Crippen LogP contribution in [0.2, 0.25) is 0 Å². The average Bonchev–Trinajstić information content (AvgIpc) is 2.23. The van der Waals surface area contributed by atoms with Gasteiger partial charge < -0.3 is 5.32 Å². The second-order valence-electron chi connectivity index (χ2n) is 4.41. The van der Waals surface area contributed by atoms with Crippen molar-refractivity contribution in [2.75, 3.05) is 5.32 Å². The average molecular weight is 218 g/mol. The summed E-state index contributed by atoms with van der Waals surface area (Å²) in [5.41, 5.74) is 4.89. The smallest absolute Gasteiger partial charge is 0.0640 e. The van der Waals surface area contributed by atoms with Gasteiger partial charge >= 0.3 is 0 Å². The zero-order valence-electron chi connectivity index (χ0n) is 10.8. The van der Waals surface area contributed by atoms with E-state index in [0.717, 1.165) is 24.2 Å². The number of rotatable bonds is 5. The predicted molar refractivity (Wildman–Crippen MR) is 70.9 cm³/mol. The van der Waals surface area contributed by atoms with Gasteiger partial charge in [-0.2, -0.15) is 0 Å². The Balaban J connectivity index is 3.23. The van der Waals surface area contributed by atoms with Crippen molar-refractivity contribution < 1.29 is 0 Å². The van der Waals surface area contributed by atoms with Crippen LogP contribution in [0, 0.1) is 6.92 Å². The van der Waals surface area contributed by atoms with Crippen LogP contribution in [0.25, 0.3) is 0 Å². The molecule has 0 aliphatic heterocycles. The molecule has 1 N–H and O–H groups in total. The minimum Gasteiger partial charge on any atom is -0.361 e. The van der Waals surface area contributed by atoms with Crippen molar-refractivity contribution in [2.24, 2.45) is 0 Å². The van der Waals surface area contributed by atoms with Gasteiger partial charge in [0.05, 0.1) is 11.4 Å². The molecule has 0 bridgehead atoms. The normalized spacial score (nSPS) is 10.6. The predicted octanol–water partition coefficient (Wildman–Crippen LogP) is 4.02. The van der Waals surface area contributed by atoms with E-state index in [1.54, 1.807) is 6.20 Å². The van der Waals surface area contributed by atoms with Gasteiger partial charge in [-0.15, -0.1) is 0 Å². The lowest BCUT2D eigenvalue weighted by atomic mass is 9.97. The second kappa shape index (κ2) is 5.69. The van der Waals surface area contributed by atoms with Crippen LogP contribution in [0.3, 0.4) is 0 Å². The Bertz CT molecular complexity index is 367. The molecule has 0 radical (unpaired) electrons. The Morgan fingerprint density at radius 1 is 1.50 bits per heavy atom. The van der Waals surface area contributed by atoms with Crippen LogP contribution in [0.1, 0.15) is 49.9 Å². The number of hydrogen-bond donors (Lipinski definition) is 1. The number of anilines is 1. The molecule has 0 saturated carbocycles. The van der Waals surface area contributed by atoms with Crippen LogP contribution in [0.15, 0.2) is 19.0 Å². The van der Waals surface area contributed by atoms with E-state index in [1.807, 2.05) is 6.20 Å². The first-order chi connectivity index (χ1) is 7.61. The van der Waals surface area contributed by atoms with Crippen molar-refractivity contribution in [2.45, 2.75) is 46.5 Å². The molecule has 1 rings (SSSR count). The quantitative estimate of drug-likeness (QED) is 0.807. The maximum atomic E-state index is 4.56. The van der Waals surface area contributed by atoms with Gasteiger partial charge in [0.2, 0.25) is 0 Å². The molecule has 0 atom stereocenters. The summed E-state index contributed by atoms with van der Waals surface area (Å²) in [5, 5.41) is 3.23. The van der Waals surface area contributed by atoms with E-state index in [2.05, 4.69) is 44.6 Å². The van der Waals surface area contributed by atoms with Crippen molar-refractivity contribution in [3.05, 3.63) is 35.8 Å². The molecule has 0 amide bonds. The summed E-state index contributed by atoms with van der Waals surface area (Å²) in [4.78, 5) is 4.56. The minimum atomic E-state index is 0.508. The minimum absolute atomic E-state index is 0.508. The second-order valence-corrected chi connectivity index (χ2v) is 4.41. The van der Waals surface area contributed by atoms with E-state index in [4.69, 9.17) is 0 Å². The van der Waals surface area contributed by atoms with E-state index in [-0.39, 0.29) is 0 Å². The third-order valence-corrected chi connectivity index (χ3v) is 2.81. The van der Waals surface area contributed by atoms with Crippen molar-refractivity contribution in [3.63, 3.8) is 0 Å². The molecule has 0 saturated heterocycles. The molecule has 2 nitrogen and oxygen atoms in total. The highest BCUT2D eigenvalue weighted by Crippen LogP contribution is 2.27.